The van der Waals surface area contributed by atoms with Crippen LogP contribution in [0.5, 0.6) is 11.5 Å². The van der Waals surface area contributed by atoms with E-state index in [4.69, 9.17) is 9.47 Å². The van der Waals surface area contributed by atoms with Gasteiger partial charge in [-0.3, -0.25) is 4.90 Å². The molecule has 0 aromatic heterocycles. The molecule has 3 atom stereocenters. The summed E-state index contributed by atoms with van der Waals surface area (Å²) in [5.41, 5.74) is 1.30. The van der Waals surface area contributed by atoms with Crippen molar-refractivity contribution in [1.29, 1.82) is 0 Å². The largest absolute Gasteiger partial charge is 0.454 e. The average molecular weight is 317 g/mol. The minimum Gasteiger partial charge on any atom is -0.454 e. The molecule has 3 unspecified atom stereocenters. The van der Waals surface area contributed by atoms with Gasteiger partial charge in [0.15, 0.2) is 11.5 Å². The summed E-state index contributed by atoms with van der Waals surface area (Å²) in [6.07, 6.45) is 5.82. The molecule has 4 heteroatoms. The van der Waals surface area contributed by atoms with Crippen molar-refractivity contribution in [2.24, 2.45) is 5.92 Å². The van der Waals surface area contributed by atoms with Gasteiger partial charge in [-0.05, 0) is 48.8 Å². The van der Waals surface area contributed by atoms with Gasteiger partial charge in [-0.15, -0.1) is 0 Å². The fraction of sp³-hybridized carbons (Fsp3) is 0.632. The van der Waals surface area contributed by atoms with Gasteiger partial charge in [-0.1, -0.05) is 26.3 Å². The van der Waals surface area contributed by atoms with Gasteiger partial charge in [-0.2, -0.15) is 0 Å². The number of benzene rings is 1. The highest BCUT2D eigenvalue weighted by molar-refractivity contribution is 5.52. The van der Waals surface area contributed by atoms with Crippen LogP contribution in [0.25, 0.3) is 0 Å². The maximum absolute atomic E-state index is 11.0. The van der Waals surface area contributed by atoms with Crippen LogP contribution in [-0.2, 0) is 4.79 Å². The van der Waals surface area contributed by atoms with Crippen molar-refractivity contribution >= 4 is 6.29 Å². The third kappa shape index (κ3) is 3.69. The van der Waals surface area contributed by atoms with Gasteiger partial charge in [0.05, 0.1) is 6.54 Å². The number of carbonyl (C=O) groups excluding carboxylic acids is 1. The molecule has 1 fully saturated rings. The first-order valence-corrected chi connectivity index (χ1v) is 8.78. The second-order valence-electron chi connectivity index (χ2n) is 6.91. The summed E-state index contributed by atoms with van der Waals surface area (Å²) < 4.78 is 10.9. The second-order valence-corrected chi connectivity index (χ2v) is 6.91. The number of rotatable bonds is 7. The molecule has 0 radical (unpaired) electrons. The Morgan fingerprint density at radius 2 is 2.17 bits per heavy atom. The van der Waals surface area contributed by atoms with Crippen molar-refractivity contribution in [3.8, 4) is 11.5 Å². The lowest BCUT2D eigenvalue weighted by molar-refractivity contribution is -0.109. The molecule has 0 amide bonds. The van der Waals surface area contributed by atoms with E-state index >= 15 is 0 Å². The molecule has 3 rings (SSSR count). The predicted molar refractivity (Wildman–Crippen MR) is 90.0 cm³/mol. The van der Waals surface area contributed by atoms with Crippen molar-refractivity contribution in [1.82, 2.24) is 4.90 Å². The lowest BCUT2D eigenvalue weighted by atomic mass is 9.92. The SMILES string of the molecule is CCC(C)CCC1CC(c2ccc3c(c2)OCO3)CN1CC=O. The van der Waals surface area contributed by atoms with Crippen LogP contribution in [0.4, 0.5) is 0 Å². The third-order valence-corrected chi connectivity index (χ3v) is 5.39. The van der Waals surface area contributed by atoms with Crippen LogP contribution in [-0.4, -0.2) is 37.1 Å². The summed E-state index contributed by atoms with van der Waals surface area (Å²) in [4.78, 5) is 13.4. The lowest BCUT2D eigenvalue weighted by Gasteiger charge is -2.22. The maximum Gasteiger partial charge on any atom is 0.231 e. The van der Waals surface area contributed by atoms with E-state index in [1.165, 1.54) is 24.8 Å². The number of ether oxygens (including phenoxy) is 2. The van der Waals surface area contributed by atoms with Crippen molar-refractivity contribution in [2.45, 2.75) is 51.5 Å². The Bertz CT molecular complexity index is 545. The molecule has 1 aromatic carbocycles. The number of nitrogens with zero attached hydrogens (tertiary/aromatic N) is 1. The molecule has 2 aliphatic heterocycles. The number of aldehydes is 1. The number of fused-ring (bicyclic) bond motifs is 1. The van der Waals surface area contributed by atoms with Gasteiger partial charge in [0.25, 0.3) is 0 Å². The van der Waals surface area contributed by atoms with Crippen molar-refractivity contribution < 1.29 is 14.3 Å². The van der Waals surface area contributed by atoms with E-state index in [1.807, 2.05) is 6.07 Å². The Balaban J connectivity index is 1.68. The summed E-state index contributed by atoms with van der Waals surface area (Å²) in [6.45, 7) is 6.39. The third-order valence-electron chi connectivity index (χ3n) is 5.39. The topological polar surface area (TPSA) is 38.8 Å². The molecule has 2 aliphatic rings. The van der Waals surface area contributed by atoms with Gasteiger partial charge in [0, 0.05) is 12.6 Å². The zero-order valence-corrected chi connectivity index (χ0v) is 14.2. The monoisotopic (exact) mass is 317 g/mol. The van der Waals surface area contributed by atoms with Crippen LogP contribution in [0.3, 0.4) is 0 Å². The number of carbonyl (C=O) groups is 1. The van der Waals surface area contributed by atoms with Crippen LogP contribution >= 0.6 is 0 Å². The Morgan fingerprint density at radius 1 is 1.35 bits per heavy atom. The molecular formula is C19H27NO3. The van der Waals surface area contributed by atoms with Crippen LogP contribution in [0.15, 0.2) is 18.2 Å². The summed E-state index contributed by atoms with van der Waals surface area (Å²) in [7, 11) is 0. The van der Waals surface area contributed by atoms with E-state index in [-0.39, 0.29) is 0 Å². The first-order chi connectivity index (χ1) is 11.2. The normalized spacial score (nSPS) is 24.8. The Labute approximate surface area is 138 Å². The molecule has 0 bridgehead atoms. The molecule has 126 valence electrons. The second kappa shape index (κ2) is 7.35. The average Bonchev–Trinajstić information content (AvgIpc) is 3.18. The van der Waals surface area contributed by atoms with E-state index in [2.05, 4.69) is 30.9 Å². The Morgan fingerprint density at radius 3 is 2.96 bits per heavy atom. The van der Waals surface area contributed by atoms with Crippen LogP contribution in [0, 0.1) is 5.92 Å². The summed E-state index contributed by atoms with van der Waals surface area (Å²) >= 11 is 0. The van der Waals surface area contributed by atoms with E-state index in [1.54, 1.807) is 0 Å². The molecule has 23 heavy (non-hydrogen) atoms. The Kier molecular flexibility index (Phi) is 5.21. The summed E-state index contributed by atoms with van der Waals surface area (Å²) in [6, 6.07) is 6.79. The standard InChI is InChI=1S/C19H27NO3/c1-3-14(2)4-6-17-10-16(12-20(17)8-9-21)15-5-7-18-19(11-15)23-13-22-18/h5,7,9,11,14,16-17H,3-4,6,8,10,12-13H2,1-2H3. The number of likely N-dealkylation sites (tertiary alicyclic amines) is 1. The minimum absolute atomic E-state index is 0.318. The first-order valence-electron chi connectivity index (χ1n) is 8.78. The zero-order valence-electron chi connectivity index (χ0n) is 14.2. The molecule has 4 nitrogen and oxygen atoms in total. The lowest BCUT2D eigenvalue weighted by Crippen LogP contribution is -2.31. The molecule has 0 aliphatic carbocycles. The van der Waals surface area contributed by atoms with E-state index in [9.17, 15) is 4.79 Å². The Hall–Kier alpha value is -1.55. The number of hydrogen-bond donors (Lipinski definition) is 0. The highest BCUT2D eigenvalue weighted by Gasteiger charge is 2.33. The van der Waals surface area contributed by atoms with Crippen LogP contribution < -0.4 is 9.47 Å². The molecular weight excluding hydrogens is 290 g/mol. The van der Waals surface area contributed by atoms with Gasteiger partial charge >= 0.3 is 0 Å². The quantitative estimate of drug-likeness (QED) is 0.720. The van der Waals surface area contributed by atoms with Crippen LogP contribution in [0.1, 0.15) is 51.0 Å². The number of hydrogen-bond acceptors (Lipinski definition) is 4. The van der Waals surface area contributed by atoms with Gasteiger partial charge in [0.1, 0.15) is 6.29 Å². The van der Waals surface area contributed by atoms with Gasteiger partial charge in [0.2, 0.25) is 6.79 Å². The molecule has 0 saturated carbocycles. The predicted octanol–water partition coefficient (Wildman–Crippen LogP) is 3.60. The van der Waals surface area contributed by atoms with Crippen molar-refractivity contribution in [2.75, 3.05) is 19.9 Å². The summed E-state index contributed by atoms with van der Waals surface area (Å²) in [5.74, 6) is 2.93. The molecule has 1 saturated heterocycles. The molecule has 0 spiro atoms. The van der Waals surface area contributed by atoms with Gasteiger partial charge in [-0.25, -0.2) is 0 Å². The van der Waals surface area contributed by atoms with Crippen molar-refractivity contribution in [3.63, 3.8) is 0 Å². The minimum atomic E-state index is 0.318. The fourth-order valence-electron chi connectivity index (χ4n) is 3.69. The van der Waals surface area contributed by atoms with Gasteiger partial charge < -0.3 is 14.3 Å². The summed E-state index contributed by atoms with van der Waals surface area (Å²) in [5, 5.41) is 0. The molecule has 2 heterocycles. The smallest absolute Gasteiger partial charge is 0.231 e. The maximum atomic E-state index is 11.0. The highest BCUT2D eigenvalue weighted by Crippen LogP contribution is 2.39. The first kappa shape index (κ1) is 16.3. The van der Waals surface area contributed by atoms with E-state index in [0.717, 1.165) is 36.7 Å². The molecule has 1 aromatic rings. The van der Waals surface area contributed by atoms with Crippen LogP contribution in [0.2, 0.25) is 0 Å². The van der Waals surface area contributed by atoms with E-state index in [0.29, 0.717) is 25.3 Å². The van der Waals surface area contributed by atoms with Crippen molar-refractivity contribution in [3.05, 3.63) is 23.8 Å². The fourth-order valence-corrected chi connectivity index (χ4v) is 3.69. The zero-order chi connectivity index (χ0) is 16.2. The van der Waals surface area contributed by atoms with E-state index < -0.39 is 0 Å². The molecule has 0 N–H and O–H groups in total. The highest BCUT2D eigenvalue weighted by atomic mass is 16.7.